The van der Waals surface area contributed by atoms with E-state index in [0.717, 1.165) is 0 Å². The number of carboxylic acids is 1. The number of carboxylic acid groups (broad SMARTS) is 1. The fraction of sp³-hybridized carbons (Fsp3) is 0.846. The highest BCUT2D eigenvalue weighted by Crippen LogP contribution is 2.16. The first-order valence-electron chi connectivity index (χ1n) is 6.47. The van der Waals surface area contributed by atoms with Crippen molar-refractivity contribution >= 4 is 12.1 Å². The van der Waals surface area contributed by atoms with Gasteiger partial charge < -0.3 is 20.9 Å². The van der Waals surface area contributed by atoms with Crippen LogP contribution in [0.4, 0.5) is 4.79 Å². The molecule has 4 N–H and O–H groups in total. The molecule has 2 unspecified atom stereocenters. The zero-order valence-electron chi connectivity index (χ0n) is 12.4. The molecule has 0 radical (unpaired) electrons. The van der Waals surface area contributed by atoms with Crippen molar-refractivity contribution in [2.75, 3.05) is 6.54 Å². The number of aliphatic carboxylic acids is 1. The number of nitrogens with one attached hydrogen (secondary N) is 1. The highest BCUT2D eigenvalue weighted by molar-refractivity contribution is 5.68. The number of ether oxygens (including phenoxy) is 1. The lowest BCUT2D eigenvalue weighted by Gasteiger charge is -2.27. The molecule has 0 spiro atoms. The van der Waals surface area contributed by atoms with E-state index in [1.165, 1.54) is 0 Å². The Hall–Kier alpha value is -1.30. The van der Waals surface area contributed by atoms with Crippen LogP contribution in [0.5, 0.6) is 0 Å². The van der Waals surface area contributed by atoms with Gasteiger partial charge in [0, 0.05) is 12.6 Å². The lowest BCUT2D eigenvalue weighted by atomic mass is 9.87. The van der Waals surface area contributed by atoms with Gasteiger partial charge in [-0.1, -0.05) is 13.8 Å². The first-order chi connectivity index (χ1) is 8.53. The summed E-state index contributed by atoms with van der Waals surface area (Å²) in [5, 5.41) is 11.4. The van der Waals surface area contributed by atoms with Gasteiger partial charge in [0.25, 0.3) is 0 Å². The van der Waals surface area contributed by atoms with Crippen LogP contribution in [0.3, 0.4) is 0 Å². The largest absolute Gasteiger partial charge is 0.481 e. The predicted octanol–water partition coefficient (Wildman–Crippen LogP) is 1.59. The summed E-state index contributed by atoms with van der Waals surface area (Å²) >= 11 is 0. The molecule has 0 aliphatic carbocycles. The number of alkyl carbamates (subject to hydrolysis) is 1. The van der Waals surface area contributed by atoms with Crippen LogP contribution < -0.4 is 11.1 Å². The maximum Gasteiger partial charge on any atom is 0.407 e. The van der Waals surface area contributed by atoms with Crippen molar-refractivity contribution in [2.45, 2.75) is 52.7 Å². The number of rotatable bonds is 6. The van der Waals surface area contributed by atoms with Gasteiger partial charge in [-0.2, -0.15) is 0 Å². The minimum atomic E-state index is -0.935. The number of carbonyl (C=O) groups excluding carboxylic acids is 1. The molecule has 112 valence electrons. The molecule has 19 heavy (non-hydrogen) atoms. The van der Waals surface area contributed by atoms with E-state index < -0.39 is 23.7 Å². The summed E-state index contributed by atoms with van der Waals surface area (Å²) in [6.07, 6.45) is -0.626. The lowest BCUT2D eigenvalue weighted by molar-refractivity contribution is -0.137. The van der Waals surface area contributed by atoms with Crippen molar-refractivity contribution in [3.8, 4) is 0 Å². The smallest absolute Gasteiger partial charge is 0.407 e. The quantitative estimate of drug-likeness (QED) is 0.682. The Bertz CT molecular complexity index is 310. The van der Waals surface area contributed by atoms with Gasteiger partial charge in [-0.3, -0.25) is 4.79 Å². The van der Waals surface area contributed by atoms with Crippen LogP contribution in [-0.2, 0) is 9.53 Å². The second kappa shape index (κ2) is 7.33. The molecule has 0 heterocycles. The van der Waals surface area contributed by atoms with Gasteiger partial charge >= 0.3 is 12.1 Å². The van der Waals surface area contributed by atoms with Crippen LogP contribution in [0, 0.1) is 11.8 Å². The minimum Gasteiger partial charge on any atom is -0.481 e. The van der Waals surface area contributed by atoms with Crippen molar-refractivity contribution in [1.82, 2.24) is 5.32 Å². The fourth-order valence-corrected chi connectivity index (χ4v) is 1.75. The monoisotopic (exact) mass is 274 g/mol. The summed E-state index contributed by atoms with van der Waals surface area (Å²) in [4.78, 5) is 22.2. The van der Waals surface area contributed by atoms with E-state index in [-0.39, 0.29) is 18.3 Å². The fourth-order valence-electron chi connectivity index (χ4n) is 1.75. The summed E-state index contributed by atoms with van der Waals surface area (Å²) in [5.74, 6) is -0.872. The van der Waals surface area contributed by atoms with Crippen LogP contribution in [0.2, 0.25) is 0 Å². The third-order valence-corrected chi connectivity index (χ3v) is 2.70. The average Bonchev–Trinajstić information content (AvgIpc) is 2.12. The molecule has 0 fully saturated rings. The molecule has 0 saturated heterocycles. The van der Waals surface area contributed by atoms with Gasteiger partial charge in [-0.15, -0.1) is 0 Å². The molecule has 2 atom stereocenters. The Labute approximate surface area is 114 Å². The second-order valence-electron chi connectivity index (χ2n) is 6.05. The zero-order chi connectivity index (χ0) is 15.2. The van der Waals surface area contributed by atoms with Gasteiger partial charge in [0.05, 0.1) is 6.42 Å². The van der Waals surface area contributed by atoms with Gasteiger partial charge in [0.2, 0.25) is 0 Å². The number of amides is 1. The first kappa shape index (κ1) is 17.7. The van der Waals surface area contributed by atoms with Crippen LogP contribution in [0.25, 0.3) is 0 Å². The van der Waals surface area contributed by atoms with Crippen LogP contribution in [0.15, 0.2) is 0 Å². The molecule has 0 aromatic rings. The Kier molecular flexibility index (Phi) is 6.83. The van der Waals surface area contributed by atoms with Gasteiger partial charge in [0.15, 0.2) is 0 Å². The standard InChI is InChI=1S/C13H26N2O4/c1-8(2)9(10(14)6-11(16)17)7-15-12(18)19-13(3,4)5/h8-10H,6-7,14H2,1-5H3,(H,15,18)(H,16,17). The van der Waals surface area contributed by atoms with Crippen molar-refractivity contribution in [2.24, 2.45) is 17.6 Å². The van der Waals surface area contributed by atoms with E-state index in [9.17, 15) is 9.59 Å². The molecule has 0 aromatic carbocycles. The number of hydrogen-bond donors (Lipinski definition) is 3. The van der Waals surface area contributed by atoms with Gasteiger partial charge in [-0.05, 0) is 32.6 Å². The molecule has 1 amide bonds. The third-order valence-electron chi connectivity index (χ3n) is 2.70. The van der Waals surface area contributed by atoms with Gasteiger partial charge in [0.1, 0.15) is 5.60 Å². The minimum absolute atomic E-state index is 0.108. The Morgan fingerprint density at radius 2 is 1.84 bits per heavy atom. The number of hydrogen-bond acceptors (Lipinski definition) is 4. The zero-order valence-corrected chi connectivity index (χ0v) is 12.4. The number of carbonyl (C=O) groups is 2. The van der Waals surface area contributed by atoms with Crippen molar-refractivity contribution in [3.05, 3.63) is 0 Å². The van der Waals surface area contributed by atoms with Crippen LogP contribution >= 0.6 is 0 Å². The average molecular weight is 274 g/mol. The summed E-state index contributed by atoms with van der Waals surface area (Å²) in [6, 6.07) is -0.493. The molecule has 0 rings (SSSR count). The Morgan fingerprint density at radius 3 is 2.21 bits per heavy atom. The van der Waals surface area contributed by atoms with E-state index in [0.29, 0.717) is 6.54 Å². The molecule has 0 aliphatic rings. The summed E-state index contributed by atoms with van der Waals surface area (Å²) < 4.78 is 5.12. The van der Waals surface area contributed by atoms with Crippen molar-refractivity contribution < 1.29 is 19.4 Å². The Morgan fingerprint density at radius 1 is 1.32 bits per heavy atom. The third kappa shape index (κ3) is 8.42. The van der Waals surface area contributed by atoms with E-state index in [1.54, 1.807) is 20.8 Å². The number of nitrogens with two attached hydrogens (primary N) is 1. The topological polar surface area (TPSA) is 102 Å². The van der Waals surface area contributed by atoms with Crippen LogP contribution in [-0.4, -0.2) is 35.4 Å². The van der Waals surface area contributed by atoms with Gasteiger partial charge in [-0.25, -0.2) is 4.79 Å². The molecular formula is C13H26N2O4. The van der Waals surface area contributed by atoms with E-state index in [1.807, 2.05) is 13.8 Å². The first-order valence-corrected chi connectivity index (χ1v) is 6.47. The van der Waals surface area contributed by atoms with E-state index in [2.05, 4.69) is 5.32 Å². The molecular weight excluding hydrogens is 248 g/mol. The highest BCUT2D eigenvalue weighted by Gasteiger charge is 2.25. The molecule has 0 aliphatic heterocycles. The van der Waals surface area contributed by atoms with E-state index >= 15 is 0 Å². The normalized spacial score (nSPS) is 14.9. The van der Waals surface area contributed by atoms with E-state index in [4.69, 9.17) is 15.6 Å². The maximum absolute atomic E-state index is 11.5. The van der Waals surface area contributed by atoms with Crippen molar-refractivity contribution in [3.63, 3.8) is 0 Å². The van der Waals surface area contributed by atoms with Crippen LogP contribution in [0.1, 0.15) is 41.0 Å². The summed E-state index contributed by atoms with van der Waals surface area (Å²) in [7, 11) is 0. The predicted molar refractivity (Wildman–Crippen MR) is 72.8 cm³/mol. The molecule has 6 nitrogen and oxygen atoms in total. The summed E-state index contributed by atoms with van der Waals surface area (Å²) in [5.41, 5.74) is 5.31. The lowest BCUT2D eigenvalue weighted by Crippen LogP contribution is -2.44. The molecule has 0 saturated carbocycles. The molecule has 0 bridgehead atoms. The highest BCUT2D eigenvalue weighted by atomic mass is 16.6. The Balaban J connectivity index is 4.37. The molecule has 6 heteroatoms. The van der Waals surface area contributed by atoms with Crippen molar-refractivity contribution in [1.29, 1.82) is 0 Å². The second-order valence-corrected chi connectivity index (χ2v) is 6.05. The SMILES string of the molecule is CC(C)C(CNC(=O)OC(C)(C)C)C(N)CC(=O)O. The maximum atomic E-state index is 11.5. The summed E-state index contributed by atoms with van der Waals surface area (Å²) in [6.45, 7) is 9.54. The molecule has 0 aromatic heterocycles.